The molecule has 3 aromatic carbocycles. The van der Waals surface area contributed by atoms with Gasteiger partial charge in [0.15, 0.2) is 5.16 Å². The fourth-order valence-electron chi connectivity index (χ4n) is 4.62. The first-order valence-electron chi connectivity index (χ1n) is 13.6. The molecule has 1 aromatic heterocycles. The Kier molecular flexibility index (Phi) is 10.6. The van der Waals surface area contributed by atoms with Crippen molar-refractivity contribution in [1.82, 2.24) is 20.1 Å². The lowest BCUT2D eigenvalue weighted by molar-refractivity contribution is -0.121. The minimum absolute atomic E-state index is 0.0704. The number of carbonyl (C=O) groups excluding carboxylic acids is 1. The van der Waals surface area contributed by atoms with Crippen LogP contribution in [0.3, 0.4) is 0 Å². The van der Waals surface area contributed by atoms with Gasteiger partial charge in [0.05, 0.1) is 7.11 Å². The van der Waals surface area contributed by atoms with Crippen LogP contribution in [0.2, 0.25) is 0 Å². The molecule has 4 rings (SSSR count). The van der Waals surface area contributed by atoms with Crippen molar-refractivity contribution in [3.8, 4) is 5.75 Å². The second kappa shape index (κ2) is 14.5. The van der Waals surface area contributed by atoms with Gasteiger partial charge in [-0.1, -0.05) is 83.6 Å². The molecule has 0 fully saturated rings. The van der Waals surface area contributed by atoms with Gasteiger partial charge in [0.2, 0.25) is 5.91 Å². The summed E-state index contributed by atoms with van der Waals surface area (Å²) in [4.78, 5) is 12.4. The number of nitrogens with one attached hydrogen (secondary N) is 1. The first-order valence-corrected chi connectivity index (χ1v) is 14.5. The van der Waals surface area contributed by atoms with Crippen molar-refractivity contribution >= 4 is 17.7 Å². The molecule has 204 valence electrons. The molecule has 1 amide bonds. The highest BCUT2D eigenvalue weighted by atomic mass is 32.2. The molecule has 4 aromatic rings. The van der Waals surface area contributed by atoms with Crippen molar-refractivity contribution in [2.45, 2.75) is 70.0 Å². The van der Waals surface area contributed by atoms with Gasteiger partial charge in [-0.25, -0.2) is 0 Å². The second-order valence-electron chi connectivity index (χ2n) is 9.90. The third-order valence-corrected chi connectivity index (χ3v) is 7.65. The van der Waals surface area contributed by atoms with Crippen LogP contribution in [0, 0.1) is 13.8 Å². The van der Waals surface area contributed by atoms with Gasteiger partial charge in [-0.05, 0) is 61.9 Å². The monoisotopic (exact) mass is 542 g/mol. The summed E-state index contributed by atoms with van der Waals surface area (Å²) in [6.07, 6.45) is 3.93. The van der Waals surface area contributed by atoms with E-state index < -0.39 is 0 Å². The van der Waals surface area contributed by atoms with E-state index in [0.717, 1.165) is 60.3 Å². The third-order valence-electron chi connectivity index (χ3n) is 6.61. The SMILES string of the molecule is COc1ccc(CNC(=O)CCCCc2nnc(SCc3cc(C)cc(C)c3)n2CCc2ccccc2)cc1. The molecular weight excluding hydrogens is 504 g/mol. The fourth-order valence-corrected chi connectivity index (χ4v) is 5.54. The van der Waals surface area contributed by atoms with Crippen molar-refractivity contribution in [2.75, 3.05) is 7.11 Å². The number of hydrogen-bond acceptors (Lipinski definition) is 5. The van der Waals surface area contributed by atoms with Gasteiger partial charge in [-0.15, -0.1) is 10.2 Å². The molecule has 1 heterocycles. The second-order valence-corrected chi connectivity index (χ2v) is 10.8. The number of unbranched alkanes of at least 4 members (excludes halogenated alkanes) is 1. The average molecular weight is 543 g/mol. The minimum atomic E-state index is 0.0704. The highest BCUT2D eigenvalue weighted by Crippen LogP contribution is 2.24. The van der Waals surface area contributed by atoms with Crippen molar-refractivity contribution < 1.29 is 9.53 Å². The van der Waals surface area contributed by atoms with Crippen LogP contribution in [0.4, 0.5) is 0 Å². The Labute approximate surface area is 236 Å². The van der Waals surface area contributed by atoms with Gasteiger partial charge in [0.25, 0.3) is 0 Å². The summed E-state index contributed by atoms with van der Waals surface area (Å²) in [5.74, 6) is 2.74. The van der Waals surface area contributed by atoms with Crippen LogP contribution in [-0.4, -0.2) is 27.8 Å². The van der Waals surface area contributed by atoms with Crippen LogP contribution in [0.1, 0.15) is 52.9 Å². The number of carbonyl (C=O) groups is 1. The number of rotatable bonds is 14. The van der Waals surface area contributed by atoms with E-state index in [9.17, 15) is 4.79 Å². The molecule has 1 N–H and O–H groups in total. The van der Waals surface area contributed by atoms with Crippen LogP contribution in [-0.2, 0) is 36.5 Å². The molecular formula is C32H38N4O2S. The maximum atomic E-state index is 12.4. The number of benzene rings is 3. The lowest BCUT2D eigenvalue weighted by atomic mass is 10.1. The molecule has 0 radical (unpaired) electrons. The summed E-state index contributed by atoms with van der Waals surface area (Å²) in [6, 6.07) is 25.0. The number of aryl methyl sites for hydroxylation is 4. The van der Waals surface area contributed by atoms with E-state index in [0.29, 0.717) is 13.0 Å². The summed E-state index contributed by atoms with van der Waals surface area (Å²) >= 11 is 1.74. The zero-order valence-corrected chi connectivity index (χ0v) is 24.0. The number of aromatic nitrogens is 3. The van der Waals surface area contributed by atoms with E-state index in [1.54, 1.807) is 18.9 Å². The first-order chi connectivity index (χ1) is 19.0. The number of ether oxygens (including phenoxy) is 1. The summed E-state index contributed by atoms with van der Waals surface area (Å²) in [6.45, 7) is 5.64. The van der Waals surface area contributed by atoms with Gasteiger partial charge in [0.1, 0.15) is 11.6 Å². The van der Waals surface area contributed by atoms with Crippen molar-refractivity contribution in [3.05, 3.63) is 106 Å². The van der Waals surface area contributed by atoms with E-state index in [1.165, 1.54) is 22.3 Å². The maximum Gasteiger partial charge on any atom is 0.220 e. The molecule has 0 atom stereocenters. The van der Waals surface area contributed by atoms with Crippen LogP contribution in [0.25, 0.3) is 0 Å². The van der Waals surface area contributed by atoms with Gasteiger partial charge < -0.3 is 14.6 Å². The minimum Gasteiger partial charge on any atom is -0.497 e. The van der Waals surface area contributed by atoms with Gasteiger partial charge in [-0.3, -0.25) is 4.79 Å². The Bertz CT molecular complexity index is 1320. The van der Waals surface area contributed by atoms with Crippen LogP contribution < -0.4 is 10.1 Å². The molecule has 7 heteroatoms. The standard InChI is InChI=1S/C32H38N4O2S/c1-24-19-25(2)21-28(20-24)23-39-32-35-34-30(36(32)18-17-26-9-5-4-6-10-26)11-7-8-12-31(37)33-22-27-13-15-29(38-3)16-14-27/h4-6,9-10,13-16,19-21H,7-8,11-12,17-18,22-23H2,1-3H3,(H,33,37). The number of hydrogen-bond donors (Lipinski definition) is 1. The lowest BCUT2D eigenvalue weighted by Gasteiger charge is -2.11. The molecule has 0 aliphatic heterocycles. The van der Waals surface area contributed by atoms with Gasteiger partial charge >= 0.3 is 0 Å². The van der Waals surface area contributed by atoms with Crippen LogP contribution in [0.15, 0.2) is 78.0 Å². The average Bonchev–Trinajstić information content (AvgIpc) is 3.33. The topological polar surface area (TPSA) is 69.0 Å². The Morgan fingerprint density at radius 2 is 1.62 bits per heavy atom. The first kappa shape index (κ1) is 28.4. The van der Waals surface area contributed by atoms with E-state index in [4.69, 9.17) is 4.74 Å². The molecule has 0 aliphatic carbocycles. The number of nitrogens with zero attached hydrogens (tertiary/aromatic N) is 3. The van der Waals surface area contributed by atoms with Gasteiger partial charge in [0, 0.05) is 31.7 Å². The molecule has 0 bridgehead atoms. The predicted molar refractivity (Wildman–Crippen MR) is 158 cm³/mol. The highest BCUT2D eigenvalue weighted by molar-refractivity contribution is 7.98. The molecule has 0 saturated heterocycles. The van der Waals surface area contributed by atoms with E-state index in [1.807, 2.05) is 30.3 Å². The lowest BCUT2D eigenvalue weighted by Crippen LogP contribution is -2.22. The zero-order chi connectivity index (χ0) is 27.5. The Hall–Kier alpha value is -3.58. The number of methoxy groups -OCH3 is 1. The van der Waals surface area contributed by atoms with E-state index >= 15 is 0 Å². The van der Waals surface area contributed by atoms with E-state index in [-0.39, 0.29) is 5.91 Å². The van der Waals surface area contributed by atoms with Crippen molar-refractivity contribution in [1.29, 1.82) is 0 Å². The molecule has 0 unspecified atom stereocenters. The number of thioether (sulfide) groups is 1. The molecule has 6 nitrogen and oxygen atoms in total. The largest absolute Gasteiger partial charge is 0.497 e. The van der Waals surface area contributed by atoms with Crippen molar-refractivity contribution in [2.24, 2.45) is 0 Å². The summed E-state index contributed by atoms with van der Waals surface area (Å²) in [5.41, 5.74) is 6.23. The summed E-state index contributed by atoms with van der Waals surface area (Å²) in [7, 11) is 1.65. The predicted octanol–water partition coefficient (Wildman–Crippen LogP) is 6.47. The molecule has 39 heavy (non-hydrogen) atoms. The third kappa shape index (κ3) is 8.99. The number of amides is 1. The molecule has 0 saturated carbocycles. The fraction of sp³-hybridized carbons (Fsp3) is 0.344. The summed E-state index contributed by atoms with van der Waals surface area (Å²) < 4.78 is 7.45. The highest BCUT2D eigenvalue weighted by Gasteiger charge is 2.14. The Morgan fingerprint density at radius 3 is 2.33 bits per heavy atom. The van der Waals surface area contributed by atoms with Gasteiger partial charge in [-0.2, -0.15) is 0 Å². The van der Waals surface area contributed by atoms with Crippen LogP contribution >= 0.6 is 11.8 Å². The van der Waals surface area contributed by atoms with E-state index in [2.05, 4.69) is 76.4 Å². The molecule has 0 aliphatic rings. The normalized spacial score (nSPS) is 10.9. The quantitative estimate of drug-likeness (QED) is 0.146. The maximum absolute atomic E-state index is 12.4. The molecule has 0 spiro atoms. The Balaban J connectivity index is 1.31. The van der Waals surface area contributed by atoms with Crippen molar-refractivity contribution in [3.63, 3.8) is 0 Å². The smallest absolute Gasteiger partial charge is 0.220 e. The van der Waals surface area contributed by atoms with Crippen LogP contribution in [0.5, 0.6) is 5.75 Å². The summed E-state index contributed by atoms with van der Waals surface area (Å²) in [5, 5.41) is 13.1. The zero-order valence-electron chi connectivity index (χ0n) is 23.2. The Morgan fingerprint density at radius 1 is 0.872 bits per heavy atom.